The van der Waals surface area contributed by atoms with Crippen molar-refractivity contribution in [2.45, 2.75) is 16.7 Å². The summed E-state index contributed by atoms with van der Waals surface area (Å²) in [4.78, 5) is 26.6. The van der Waals surface area contributed by atoms with Crippen molar-refractivity contribution in [3.63, 3.8) is 0 Å². The van der Waals surface area contributed by atoms with Gasteiger partial charge in [0.2, 0.25) is 0 Å². The van der Waals surface area contributed by atoms with Gasteiger partial charge in [-0.1, -0.05) is 23.2 Å². The van der Waals surface area contributed by atoms with E-state index < -0.39 is 12.2 Å². The van der Waals surface area contributed by atoms with Crippen LogP contribution in [0.5, 0.6) is 0 Å². The van der Waals surface area contributed by atoms with Crippen molar-refractivity contribution in [1.29, 1.82) is 0 Å². The van der Waals surface area contributed by atoms with Crippen molar-refractivity contribution in [3.05, 3.63) is 80.7 Å². The minimum absolute atomic E-state index is 0.230. The van der Waals surface area contributed by atoms with Crippen LogP contribution in [0.15, 0.2) is 74.9 Å². The van der Waals surface area contributed by atoms with Crippen LogP contribution in [0, 0.1) is 6.92 Å². The predicted molar refractivity (Wildman–Crippen MR) is 153 cm³/mol. The zero-order valence-electron chi connectivity index (χ0n) is 19.2. The van der Waals surface area contributed by atoms with Gasteiger partial charge in [-0.05, 0) is 89.1 Å². The number of ether oxygens (including phenoxy) is 2. The number of halogens is 3. The third-order valence-corrected chi connectivity index (χ3v) is 7.79. The van der Waals surface area contributed by atoms with Gasteiger partial charge in [0, 0.05) is 41.5 Å². The molecule has 0 heterocycles. The maximum atomic E-state index is 12.3. The molecule has 11 heteroatoms. The minimum Gasteiger partial charge on any atom is -0.448 e. The van der Waals surface area contributed by atoms with E-state index in [1.807, 2.05) is 48.5 Å². The number of amides is 2. The van der Waals surface area contributed by atoms with E-state index in [9.17, 15) is 9.59 Å². The van der Waals surface area contributed by atoms with Crippen LogP contribution >= 0.6 is 62.7 Å². The zero-order chi connectivity index (χ0) is 25.9. The number of anilines is 2. The summed E-state index contributed by atoms with van der Waals surface area (Å²) in [5.74, 6) is 1.20. The quantitative estimate of drug-likeness (QED) is 0.172. The van der Waals surface area contributed by atoms with E-state index >= 15 is 0 Å². The SMILES string of the molecule is Cc1c(NC(=O)OCCSc2ccc(Cl)cc2)ccc(Br)c1NC(=O)OCCSc1ccc(Cl)cc1. The van der Waals surface area contributed by atoms with Crippen LogP contribution in [-0.4, -0.2) is 36.9 Å². The summed E-state index contributed by atoms with van der Waals surface area (Å²) in [5.41, 5.74) is 1.67. The Hall–Kier alpha value is -2.04. The molecule has 0 saturated carbocycles. The minimum atomic E-state index is -0.588. The molecule has 0 spiro atoms. The van der Waals surface area contributed by atoms with E-state index in [-0.39, 0.29) is 13.2 Å². The highest BCUT2D eigenvalue weighted by atomic mass is 79.9. The van der Waals surface area contributed by atoms with Gasteiger partial charge in [0.05, 0.1) is 5.69 Å². The monoisotopic (exact) mass is 628 g/mol. The lowest BCUT2D eigenvalue weighted by Crippen LogP contribution is -2.18. The van der Waals surface area contributed by atoms with Gasteiger partial charge in [-0.15, -0.1) is 23.5 Å². The van der Waals surface area contributed by atoms with Crippen LogP contribution in [0.4, 0.5) is 21.0 Å². The molecule has 0 saturated heterocycles. The molecular formula is C25H23BrCl2N2O4S2. The summed E-state index contributed by atoms with van der Waals surface area (Å²) in [7, 11) is 0. The average Bonchev–Trinajstić information content (AvgIpc) is 2.86. The first-order valence-corrected chi connectivity index (χ1v) is 14.3. The number of thioether (sulfide) groups is 2. The second-order valence-corrected chi connectivity index (χ2v) is 11.3. The van der Waals surface area contributed by atoms with E-state index in [4.69, 9.17) is 32.7 Å². The molecule has 190 valence electrons. The van der Waals surface area contributed by atoms with Gasteiger partial charge in [0.25, 0.3) is 0 Å². The Bertz CT molecular complexity index is 1180. The summed E-state index contributed by atoms with van der Waals surface area (Å²) in [6, 6.07) is 18.4. The maximum absolute atomic E-state index is 12.3. The standard InChI is InChI=1S/C25H23BrCl2N2O4S2/c1-16-22(29-24(31)33-12-14-35-19-6-2-17(27)3-7-19)11-10-21(26)23(16)30-25(32)34-13-15-36-20-8-4-18(28)5-9-20/h2-11H,12-15H2,1H3,(H,29,31)(H,30,32). The Morgan fingerprint density at radius 3 is 1.75 bits per heavy atom. The number of nitrogens with one attached hydrogen (secondary N) is 2. The topological polar surface area (TPSA) is 76.7 Å². The Morgan fingerprint density at radius 2 is 1.25 bits per heavy atom. The molecule has 3 aromatic carbocycles. The van der Waals surface area contributed by atoms with Crippen molar-refractivity contribution in [1.82, 2.24) is 0 Å². The third kappa shape index (κ3) is 9.44. The van der Waals surface area contributed by atoms with Gasteiger partial charge in [0.1, 0.15) is 13.2 Å². The summed E-state index contributed by atoms with van der Waals surface area (Å²) >= 11 is 18.3. The number of carbonyl (C=O) groups is 2. The number of carbonyl (C=O) groups excluding carboxylic acids is 2. The molecule has 0 fully saturated rings. The molecule has 0 atom stereocenters. The molecule has 2 N–H and O–H groups in total. The summed E-state index contributed by atoms with van der Waals surface area (Å²) < 4.78 is 11.2. The number of hydrogen-bond donors (Lipinski definition) is 2. The first kappa shape index (κ1) is 28.5. The summed E-state index contributed by atoms with van der Waals surface area (Å²) in [6.07, 6.45) is -1.17. The van der Waals surface area contributed by atoms with Gasteiger partial charge < -0.3 is 9.47 Å². The van der Waals surface area contributed by atoms with Crippen molar-refractivity contribution < 1.29 is 19.1 Å². The van der Waals surface area contributed by atoms with Crippen molar-refractivity contribution in [2.75, 3.05) is 35.4 Å². The lowest BCUT2D eigenvalue weighted by Gasteiger charge is -2.15. The molecule has 2 amide bonds. The molecule has 6 nitrogen and oxygen atoms in total. The molecule has 36 heavy (non-hydrogen) atoms. The highest BCUT2D eigenvalue weighted by molar-refractivity contribution is 9.10. The van der Waals surface area contributed by atoms with Crippen LogP contribution in [-0.2, 0) is 9.47 Å². The molecule has 0 bridgehead atoms. The van der Waals surface area contributed by atoms with Crippen LogP contribution < -0.4 is 10.6 Å². The summed E-state index contributed by atoms with van der Waals surface area (Å²) in [5, 5.41) is 6.80. The maximum Gasteiger partial charge on any atom is 0.411 e. The normalized spacial score (nSPS) is 10.6. The Balaban J connectivity index is 1.43. The van der Waals surface area contributed by atoms with Crippen LogP contribution in [0.3, 0.4) is 0 Å². The fourth-order valence-electron chi connectivity index (χ4n) is 2.90. The van der Waals surface area contributed by atoms with E-state index in [1.165, 1.54) is 0 Å². The van der Waals surface area contributed by atoms with Gasteiger partial charge in [-0.25, -0.2) is 9.59 Å². The third-order valence-electron chi connectivity index (χ3n) is 4.68. The zero-order valence-corrected chi connectivity index (χ0v) is 23.9. The first-order chi connectivity index (χ1) is 17.3. The number of rotatable bonds is 10. The van der Waals surface area contributed by atoms with Crippen LogP contribution in [0.25, 0.3) is 0 Å². The van der Waals surface area contributed by atoms with Gasteiger partial charge in [-0.2, -0.15) is 0 Å². The van der Waals surface area contributed by atoms with E-state index in [0.29, 0.717) is 43.0 Å². The molecule has 0 radical (unpaired) electrons. The highest BCUT2D eigenvalue weighted by Crippen LogP contribution is 2.32. The molecule has 0 aromatic heterocycles. The van der Waals surface area contributed by atoms with Gasteiger partial charge >= 0.3 is 12.2 Å². The molecule has 3 aromatic rings. The van der Waals surface area contributed by atoms with Crippen molar-refractivity contribution in [3.8, 4) is 0 Å². The predicted octanol–water partition coefficient (Wildman–Crippen LogP) is 8.75. The Morgan fingerprint density at radius 1 is 0.778 bits per heavy atom. The van der Waals surface area contributed by atoms with Gasteiger partial charge in [-0.3, -0.25) is 10.6 Å². The smallest absolute Gasteiger partial charge is 0.411 e. The Kier molecular flexibility index (Phi) is 11.6. The van der Waals surface area contributed by atoms with Gasteiger partial charge in [0.15, 0.2) is 0 Å². The number of hydrogen-bond acceptors (Lipinski definition) is 6. The van der Waals surface area contributed by atoms with Crippen LogP contribution in [0.2, 0.25) is 10.0 Å². The van der Waals surface area contributed by atoms with E-state index in [0.717, 1.165) is 9.79 Å². The fraction of sp³-hybridized carbons (Fsp3) is 0.200. The molecular weight excluding hydrogens is 607 g/mol. The molecule has 0 aliphatic carbocycles. The van der Waals surface area contributed by atoms with E-state index in [2.05, 4.69) is 26.6 Å². The fourth-order valence-corrected chi connectivity index (χ4v) is 5.14. The average molecular weight is 630 g/mol. The van der Waals surface area contributed by atoms with E-state index in [1.54, 1.807) is 42.6 Å². The molecule has 0 unspecified atom stereocenters. The second kappa shape index (κ2) is 14.6. The molecule has 0 aliphatic rings. The van der Waals surface area contributed by atoms with Crippen molar-refractivity contribution in [2.24, 2.45) is 0 Å². The lowest BCUT2D eigenvalue weighted by atomic mass is 10.1. The molecule has 3 rings (SSSR count). The lowest BCUT2D eigenvalue weighted by molar-refractivity contribution is 0.168. The second-order valence-electron chi connectivity index (χ2n) is 7.22. The largest absolute Gasteiger partial charge is 0.448 e. The summed E-state index contributed by atoms with van der Waals surface area (Å²) in [6.45, 7) is 2.25. The van der Waals surface area contributed by atoms with Crippen molar-refractivity contribution >= 4 is 86.2 Å². The molecule has 0 aliphatic heterocycles. The highest BCUT2D eigenvalue weighted by Gasteiger charge is 2.14. The number of benzene rings is 3. The first-order valence-electron chi connectivity index (χ1n) is 10.7. The Labute approximate surface area is 236 Å². The van der Waals surface area contributed by atoms with Crippen LogP contribution in [0.1, 0.15) is 5.56 Å².